The van der Waals surface area contributed by atoms with E-state index in [4.69, 9.17) is 25.8 Å². The third-order valence-electron chi connectivity index (χ3n) is 4.29. The molecule has 0 unspecified atom stereocenters. The maximum atomic E-state index is 6.17. The highest BCUT2D eigenvalue weighted by atomic mass is 35.5. The molecule has 134 valence electrons. The summed E-state index contributed by atoms with van der Waals surface area (Å²) < 4.78 is 17.0. The van der Waals surface area contributed by atoms with Crippen LogP contribution in [0.5, 0.6) is 11.5 Å². The molecule has 0 aromatic heterocycles. The van der Waals surface area contributed by atoms with Gasteiger partial charge in [-0.25, -0.2) is 0 Å². The molecule has 0 aliphatic carbocycles. The van der Waals surface area contributed by atoms with Crippen molar-refractivity contribution in [2.24, 2.45) is 0 Å². The lowest BCUT2D eigenvalue weighted by molar-refractivity contribution is 0.110. The second-order valence-electron chi connectivity index (χ2n) is 6.13. The molecule has 25 heavy (non-hydrogen) atoms. The Hall–Kier alpha value is -1.75. The summed E-state index contributed by atoms with van der Waals surface area (Å²) in [6.07, 6.45) is 2.66. The molecule has 0 amide bonds. The van der Waals surface area contributed by atoms with Crippen LogP contribution in [0.25, 0.3) is 0 Å². The molecule has 4 nitrogen and oxygen atoms in total. The van der Waals surface area contributed by atoms with Gasteiger partial charge >= 0.3 is 0 Å². The van der Waals surface area contributed by atoms with Gasteiger partial charge in [0.25, 0.3) is 0 Å². The topological polar surface area (TPSA) is 39.7 Å². The predicted octanol–water partition coefficient (Wildman–Crippen LogP) is 4.20. The standard InChI is InChI=1S/C20H24ClNO3/c1-23-20-11-15(12-22-13-17-6-4-10-24-17)8-9-19(20)25-14-16-5-2-3-7-18(16)21/h2-3,5,7-9,11,17,22H,4,6,10,12-14H2,1H3/t17-/m1/s1. The molecular formula is C20H24ClNO3. The van der Waals surface area contributed by atoms with Crippen LogP contribution in [0.3, 0.4) is 0 Å². The van der Waals surface area contributed by atoms with E-state index in [2.05, 4.69) is 5.32 Å². The van der Waals surface area contributed by atoms with Gasteiger partial charge in [-0.2, -0.15) is 0 Å². The molecule has 1 atom stereocenters. The summed E-state index contributed by atoms with van der Waals surface area (Å²) in [4.78, 5) is 0. The van der Waals surface area contributed by atoms with Crippen LogP contribution in [0.1, 0.15) is 24.0 Å². The number of benzene rings is 2. The largest absolute Gasteiger partial charge is 0.493 e. The van der Waals surface area contributed by atoms with Gasteiger partial charge in [0.15, 0.2) is 11.5 Å². The Morgan fingerprint density at radius 3 is 2.84 bits per heavy atom. The fourth-order valence-electron chi connectivity index (χ4n) is 2.89. The molecule has 2 aromatic carbocycles. The van der Waals surface area contributed by atoms with Crippen LogP contribution in [0.2, 0.25) is 5.02 Å². The zero-order chi connectivity index (χ0) is 17.5. The van der Waals surface area contributed by atoms with Gasteiger partial charge in [0.05, 0.1) is 13.2 Å². The predicted molar refractivity (Wildman–Crippen MR) is 99.5 cm³/mol. The van der Waals surface area contributed by atoms with Crippen molar-refractivity contribution in [1.82, 2.24) is 5.32 Å². The Labute approximate surface area is 154 Å². The van der Waals surface area contributed by atoms with Crippen LogP contribution in [-0.2, 0) is 17.9 Å². The number of hydrogen-bond acceptors (Lipinski definition) is 4. The van der Waals surface area contributed by atoms with Crippen LogP contribution in [0.15, 0.2) is 42.5 Å². The fourth-order valence-corrected chi connectivity index (χ4v) is 3.09. The average molecular weight is 362 g/mol. The van der Waals surface area contributed by atoms with Crippen molar-refractivity contribution < 1.29 is 14.2 Å². The van der Waals surface area contributed by atoms with Crippen LogP contribution in [0, 0.1) is 0 Å². The number of nitrogens with one attached hydrogen (secondary N) is 1. The molecule has 0 spiro atoms. The molecule has 1 aliphatic rings. The molecule has 0 bridgehead atoms. The number of halogens is 1. The fraction of sp³-hybridized carbons (Fsp3) is 0.400. The van der Waals surface area contributed by atoms with E-state index in [1.165, 1.54) is 0 Å². The Kier molecular flexibility index (Phi) is 6.56. The number of methoxy groups -OCH3 is 1. The lowest BCUT2D eigenvalue weighted by atomic mass is 10.2. The molecule has 3 rings (SSSR count). The Morgan fingerprint density at radius 1 is 1.20 bits per heavy atom. The normalized spacial score (nSPS) is 16.8. The van der Waals surface area contributed by atoms with Gasteiger partial charge in [-0.15, -0.1) is 0 Å². The number of hydrogen-bond donors (Lipinski definition) is 1. The third kappa shape index (κ3) is 5.11. The van der Waals surface area contributed by atoms with Crippen LogP contribution in [0.4, 0.5) is 0 Å². The van der Waals surface area contributed by atoms with Gasteiger partial charge in [0.2, 0.25) is 0 Å². The summed E-state index contributed by atoms with van der Waals surface area (Å²) in [6, 6.07) is 13.7. The van der Waals surface area contributed by atoms with Crippen LogP contribution in [-0.4, -0.2) is 26.4 Å². The maximum absolute atomic E-state index is 6.17. The van der Waals surface area contributed by atoms with E-state index in [0.29, 0.717) is 23.5 Å². The van der Waals surface area contributed by atoms with Crippen molar-refractivity contribution in [3.8, 4) is 11.5 Å². The van der Waals surface area contributed by atoms with Crippen LogP contribution >= 0.6 is 11.6 Å². The van der Waals surface area contributed by atoms with Gasteiger partial charge in [-0.3, -0.25) is 0 Å². The minimum atomic E-state index is 0.347. The first-order valence-corrected chi connectivity index (χ1v) is 8.99. The maximum Gasteiger partial charge on any atom is 0.161 e. The quantitative estimate of drug-likeness (QED) is 0.765. The van der Waals surface area contributed by atoms with E-state index in [1.54, 1.807) is 7.11 Å². The molecule has 1 aliphatic heterocycles. The molecule has 0 radical (unpaired) electrons. The molecule has 1 N–H and O–H groups in total. The Balaban J connectivity index is 1.56. The highest BCUT2D eigenvalue weighted by Gasteiger charge is 2.14. The molecule has 0 saturated carbocycles. The summed E-state index contributed by atoms with van der Waals surface area (Å²) in [6.45, 7) is 2.96. The van der Waals surface area contributed by atoms with Crippen molar-refractivity contribution in [3.05, 3.63) is 58.6 Å². The Morgan fingerprint density at radius 2 is 2.08 bits per heavy atom. The van der Waals surface area contributed by atoms with Crippen molar-refractivity contribution in [1.29, 1.82) is 0 Å². The summed E-state index contributed by atoms with van der Waals surface area (Å²) in [5.74, 6) is 1.44. The average Bonchev–Trinajstić information content (AvgIpc) is 3.15. The zero-order valence-electron chi connectivity index (χ0n) is 14.5. The monoisotopic (exact) mass is 361 g/mol. The molecule has 1 fully saturated rings. The van der Waals surface area contributed by atoms with Gasteiger partial charge < -0.3 is 19.5 Å². The highest BCUT2D eigenvalue weighted by Crippen LogP contribution is 2.29. The molecule has 1 heterocycles. The summed E-state index contributed by atoms with van der Waals surface area (Å²) in [5, 5.41) is 4.15. The Bertz CT molecular complexity index is 686. The van der Waals surface area contributed by atoms with Gasteiger partial charge in [0.1, 0.15) is 6.61 Å². The van der Waals surface area contributed by atoms with Crippen molar-refractivity contribution >= 4 is 11.6 Å². The minimum absolute atomic E-state index is 0.347. The summed E-state index contributed by atoms with van der Waals surface area (Å²) in [7, 11) is 1.65. The summed E-state index contributed by atoms with van der Waals surface area (Å²) in [5.41, 5.74) is 2.11. The number of rotatable bonds is 8. The first-order chi connectivity index (χ1) is 12.3. The molecular weight excluding hydrogens is 338 g/mol. The molecule has 1 saturated heterocycles. The lowest BCUT2D eigenvalue weighted by Gasteiger charge is -2.14. The van der Waals surface area contributed by atoms with Gasteiger partial charge in [0, 0.05) is 30.3 Å². The van der Waals surface area contributed by atoms with E-state index in [1.807, 2.05) is 42.5 Å². The van der Waals surface area contributed by atoms with Crippen molar-refractivity contribution in [2.45, 2.75) is 32.1 Å². The van der Waals surface area contributed by atoms with E-state index >= 15 is 0 Å². The third-order valence-corrected chi connectivity index (χ3v) is 4.66. The smallest absolute Gasteiger partial charge is 0.161 e. The first-order valence-electron chi connectivity index (χ1n) is 8.61. The van der Waals surface area contributed by atoms with E-state index in [0.717, 1.165) is 49.4 Å². The van der Waals surface area contributed by atoms with Crippen molar-refractivity contribution in [3.63, 3.8) is 0 Å². The minimum Gasteiger partial charge on any atom is -0.493 e. The first kappa shape index (κ1) is 18.1. The second kappa shape index (κ2) is 9.09. The van der Waals surface area contributed by atoms with Crippen LogP contribution < -0.4 is 14.8 Å². The van der Waals surface area contributed by atoms with Gasteiger partial charge in [-0.05, 0) is 36.6 Å². The lowest BCUT2D eigenvalue weighted by Crippen LogP contribution is -2.25. The van der Waals surface area contributed by atoms with E-state index in [9.17, 15) is 0 Å². The van der Waals surface area contributed by atoms with Gasteiger partial charge in [-0.1, -0.05) is 35.9 Å². The number of ether oxygens (including phenoxy) is 3. The second-order valence-corrected chi connectivity index (χ2v) is 6.54. The van der Waals surface area contributed by atoms with E-state index in [-0.39, 0.29) is 0 Å². The summed E-state index contributed by atoms with van der Waals surface area (Å²) >= 11 is 6.17. The SMILES string of the molecule is COc1cc(CNC[C@H]2CCCO2)ccc1OCc1ccccc1Cl. The molecule has 2 aromatic rings. The molecule has 5 heteroatoms. The zero-order valence-corrected chi connectivity index (χ0v) is 15.2. The van der Waals surface area contributed by atoms with Crippen molar-refractivity contribution in [2.75, 3.05) is 20.3 Å². The van der Waals surface area contributed by atoms with E-state index < -0.39 is 0 Å². The highest BCUT2D eigenvalue weighted by molar-refractivity contribution is 6.31.